The van der Waals surface area contributed by atoms with Crippen molar-refractivity contribution in [3.63, 3.8) is 0 Å². The van der Waals surface area contributed by atoms with E-state index in [1.165, 1.54) is 0 Å². The Bertz CT molecular complexity index is 627. The van der Waals surface area contributed by atoms with Crippen LogP contribution in [0.2, 0.25) is 5.02 Å². The molecule has 0 saturated carbocycles. The van der Waals surface area contributed by atoms with Crippen LogP contribution in [0, 0.1) is 11.3 Å². The summed E-state index contributed by atoms with van der Waals surface area (Å²) in [4.78, 5) is 26.0. The van der Waals surface area contributed by atoms with Gasteiger partial charge in [-0.1, -0.05) is 23.7 Å². The molecule has 0 radical (unpaired) electrons. The summed E-state index contributed by atoms with van der Waals surface area (Å²) in [7, 11) is 0. The van der Waals surface area contributed by atoms with Crippen LogP contribution in [-0.4, -0.2) is 48.2 Å². The van der Waals surface area contributed by atoms with Crippen molar-refractivity contribution in [1.82, 2.24) is 4.90 Å². The summed E-state index contributed by atoms with van der Waals surface area (Å²) in [5, 5.41) is 10.2. The number of benzene rings is 1. The summed E-state index contributed by atoms with van der Waals surface area (Å²) < 4.78 is 5.39. The Morgan fingerprint density at radius 1 is 1.33 bits per heavy atom. The summed E-state index contributed by atoms with van der Waals surface area (Å²) in [6.45, 7) is 1.99. The van der Waals surface area contributed by atoms with Crippen molar-refractivity contribution in [3.8, 4) is 0 Å². The van der Waals surface area contributed by atoms with Gasteiger partial charge in [-0.05, 0) is 37.0 Å². The molecule has 1 spiro atoms. The number of carboxylic acids is 1. The van der Waals surface area contributed by atoms with Crippen molar-refractivity contribution in [2.45, 2.75) is 25.7 Å². The molecule has 1 N–H and O–H groups in total. The van der Waals surface area contributed by atoms with E-state index >= 15 is 0 Å². The molecule has 2 aliphatic heterocycles. The van der Waals surface area contributed by atoms with Crippen LogP contribution in [0.15, 0.2) is 24.3 Å². The molecule has 1 amide bonds. The number of rotatable bonds is 4. The molecule has 6 heteroatoms. The number of likely N-dealkylation sites (tertiary alicyclic amines) is 1. The van der Waals surface area contributed by atoms with Gasteiger partial charge in [-0.2, -0.15) is 0 Å². The number of halogens is 1. The second-order valence-electron chi connectivity index (χ2n) is 6.77. The van der Waals surface area contributed by atoms with Crippen LogP contribution in [0.3, 0.4) is 0 Å². The third-order valence-electron chi connectivity index (χ3n) is 5.30. The Kier molecular flexibility index (Phi) is 5.11. The number of amides is 1. The highest BCUT2D eigenvalue weighted by Gasteiger charge is 2.51. The van der Waals surface area contributed by atoms with Crippen molar-refractivity contribution in [2.75, 3.05) is 26.3 Å². The van der Waals surface area contributed by atoms with E-state index in [1.807, 2.05) is 18.2 Å². The maximum Gasteiger partial charge on any atom is 0.308 e. The topological polar surface area (TPSA) is 66.8 Å². The molecule has 2 saturated heterocycles. The van der Waals surface area contributed by atoms with Gasteiger partial charge in [0.1, 0.15) is 0 Å². The smallest absolute Gasteiger partial charge is 0.308 e. The molecule has 0 aliphatic carbocycles. The van der Waals surface area contributed by atoms with Crippen molar-refractivity contribution in [1.29, 1.82) is 0 Å². The monoisotopic (exact) mass is 351 g/mol. The van der Waals surface area contributed by atoms with Crippen LogP contribution in [0.5, 0.6) is 0 Å². The molecule has 0 bridgehead atoms. The zero-order valence-corrected chi connectivity index (χ0v) is 14.3. The highest BCUT2D eigenvalue weighted by Crippen LogP contribution is 2.44. The van der Waals surface area contributed by atoms with E-state index in [4.69, 9.17) is 16.3 Å². The van der Waals surface area contributed by atoms with Gasteiger partial charge in [-0.15, -0.1) is 0 Å². The molecular formula is C18H22ClNO4. The molecule has 2 fully saturated rings. The minimum Gasteiger partial charge on any atom is -0.481 e. The number of ether oxygens (including phenoxy) is 1. The molecule has 24 heavy (non-hydrogen) atoms. The van der Waals surface area contributed by atoms with E-state index in [-0.39, 0.29) is 11.3 Å². The SMILES string of the molecule is O=C(O)C1CN(C(=O)CCc2cccc(Cl)c2)CC12CCOCC2. The minimum atomic E-state index is -0.804. The van der Waals surface area contributed by atoms with Gasteiger partial charge in [0.2, 0.25) is 5.91 Å². The highest BCUT2D eigenvalue weighted by molar-refractivity contribution is 6.30. The molecule has 1 unspecified atom stereocenters. The predicted molar refractivity (Wildman–Crippen MR) is 90.0 cm³/mol. The second-order valence-corrected chi connectivity index (χ2v) is 7.21. The molecule has 2 heterocycles. The lowest BCUT2D eigenvalue weighted by Gasteiger charge is -2.36. The maximum atomic E-state index is 12.6. The van der Waals surface area contributed by atoms with Crippen LogP contribution < -0.4 is 0 Å². The van der Waals surface area contributed by atoms with Crippen LogP contribution in [-0.2, 0) is 20.7 Å². The van der Waals surface area contributed by atoms with Gasteiger partial charge in [0, 0.05) is 43.2 Å². The molecule has 1 aromatic rings. The Morgan fingerprint density at radius 2 is 2.08 bits per heavy atom. The third kappa shape index (κ3) is 3.57. The second kappa shape index (κ2) is 7.11. The average Bonchev–Trinajstić information content (AvgIpc) is 2.92. The van der Waals surface area contributed by atoms with Crippen molar-refractivity contribution >= 4 is 23.5 Å². The number of aryl methyl sites for hydroxylation is 1. The lowest BCUT2D eigenvalue weighted by molar-refractivity contribution is -0.146. The van der Waals surface area contributed by atoms with Crippen LogP contribution in [0.1, 0.15) is 24.8 Å². The lowest BCUT2D eigenvalue weighted by Crippen LogP contribution is -2.40. The van der Waals surface area contributed by atoms with Gasteiger partial charge in [0.05, 0.1) is 5.92 Å². The van der Waals surface area contributed by atoms with Gasteiger partial charge >= 0.3 is 5.97 Å². The Labute approximate surface area is 146 Å². The Morgan fingerprint density at radius 3 is 2.75 bits per heavy atom. The molecule has 5 nitrogen and oxygen atoms in total. The zero-order valence-electron chi connectivity index (χ0n) is 13.5. The van der Waals surface area contributed by atoms with E-state index in [2.05, 4.69) is 0 Å². The summed E-state index contributed by atoms with van der Waals surface area (Å²) in [6.07, 6.45) is 2.41. The van der Waals surface area contributed by atoms with E-state index in [1.54, 1.807) is 11.0 Å². The van der Waals surface area contributed by atoms with Crippen molar-refractivity contribution in [2.24, 2.45) is 11.3 Å². The van der Waals surface area contributed by atoms with Gasteiger partial charge in [-0.3, -0.25) is 9.59 Å². The number of carbonyl (C=O) groups is 2. The summed E-state index contributed by atoms with van der Waals surface area (Å²) in [5.74, 6) is -1.27. The first-order valence-electron chi connectivity index (χ1n) is 8.33. The largest absolute Gasteiger partial charge is 0.481 e. The number of hydrogen-bond donors (Lipinski definition) is 1. The number of hydrogen-bond acceptors (Lipinski definition) is 3. The summed E-state index contributed by atoms with van der Waals surface area (Å²) >= 11 is 5.97. The molecule has 1 atom stereocenters. The molecule has 1 aromatic carbocycles. The van der Waals surface area contributed by atoms with E-state index in [0.717, 1.165) is 5.56 Å². The number of carboxylic acid groups (broad SMARTS) is 1. The van der Waals surface area contributed by atoms with Crippen molar-refractivity contribution < 1.29 is 19.4 Å². The van der Waals surface area contributed by atoms with Crippen LogP contribution in [0.25, 0.3) is 0 Å². The number of carbonyl (C=O) groups excluding carboxylic acids is 1. The molecular weight excluding hydrogens is 330 g/mol. The minimum absolute atomic E-state index is 0.0181. The first kappa shape index (κ1) is 17.2. The fourth-order valence-corrected chi connectivity index (χ4v) is 4.10. The van der Waals surface area contributed by atoms with Crippen molar-refractivity contribution in [3.05, 3.63) is 34.9 Å². The first-order chi connectivity index (χ1) is 11.5. The number of nitrogens with zero attached hydrogens (tertiary/aromatic N) is 1. The molecule has 3 rings (SSSR count). The van der Waals surface area contributed by atoms with Gasteiger partial charge < -0.3 is 14.7 Å². The Balaban J connectivity index is 1.64. The molecule has 0 aromatic heterocycles. The number of aliphatic carboxylic acids is 1. The fraction of sp³-hybridized carbons (Fsp3) is 0.556. The average molecular weight is 352 g/mol. The van der Waals surface area contributed by atoms with E-state index in [9.17, 15) is 14.7 Å². The first-order valence-corrected chi connectivity index (χ1v) is 8.71. The van der Waals surface area contributed by atoms with Crippen LogP contribution >= 0.6 is 11.6 Å². The third-order valence-corrected chi connectivity index (χ3v) is 5.54. The highest BCUT2D eigenvalue weighted by atomic mass is 35.5. The quantitative estimate of drug-likeness (QED) is 0.905. The summed E-state index contributed by atoms with van der Waals surface area (Å²) in [5.41, 5.74) is 0.695. The van der Waals surface area contributed by atoms with Gasteiger partial charge in [-0.25, -0.2) is 0 Å². The Hall–Kier alpha value is -1.59. The molecule has 2 aliphatic rings. The lowest BCUT2D eigenvalue weighted by atomic mass is 9.72. The maximum absolute atomic E-state index is 12.6. The van der Waals surface area contributed by atoms with Crippen LogP contribution in [0.4, 0.5) is 0 Å². The van der Waals surface area contributed by atoms with Gasteiger partial charge in [0.15, 0.2) is 0 Å². The fourth-order valence-electron chi connectivity index (χ4n) is 3.89. The standard InChI is InChI=1S/C18H22ClNO4/c19-14-3-1-2-13(10-14)4-5-16(21)20-11-15(17(22)23)18(12-20)6-8-24-9-7-18/h1-3,10,15H,4-9,11-12H2,(H,22,23). The predicted octanol–water partition coefficient (Wildman–Crippen LogP) is 2.61. The molecule has 130 valence electrons. The normalized spacial score (nSPS) is 22.7. The van der Waals surface area contributed by atoms with Gasteiger partial charge in [0.25, 0.3) is 0 Å². The summed E-state index contributed by atoms with van der Waals surface area (Å²) in [6, 6.07) is 7.48. The zero-order chi connectivity index (χ0) is 17.2. The van der Waals surface area contributed by atoms with E-state index in [0.29, 0.717) is 57.0 Å². The van der Waals surface area contributed by atoms with E-state index < -0.39 is 11.9 Å².